The third kappa shape index (κ3) is 4.87. The van der Waals surface area contributed by atoms with Crippen molar-refractivity contribution in [2.45, 2.75) is 38.1 Å². The van der Waals surface area contributed by atoms with Crippen LogP contribution in [0.4, 0.5) is 0 Å². The fourth-order valence-corrected chi connectivity index (χ4v) is 3.44. The van der Waals surface area contributed by atoms with Crippen LogP contribution in [0.1, 0.15) is 52.8 Å². The summed E-state index contributed by atoms with van der Waals surface area (Å²) >= 11 is 0. The number of benzene rings is 1. The number of piperidine rings is 1. The quantitative estimate of drug-likeness (QED) is 0.359. The Kier molecular flexibility index (Phi) is 6.63. The number of fused-ring (bicyclic) bond motifs is 1. The van der Waals surface area contributed by atoms with E-state index in [4.69, 9.17) is 9.84 Å². The molecule has 11 heteroatoms. The molecule has 5 amide bonds. The van der Waals surface area contributed by atoms with Gasteiger partial charge in [0.2, 0.25) is 17.7 Å². The molecule has 31 heavy (non-hydrogen) atoms. The van der Waals surface area contributed by atoms with Crippen molar-refractivity contribution in [2.75, 3.05) is 13.2 Å². The Morgan fingerprint density at radius 1 is 1.16 bits per heavy atom. The average Bonchev–Trinajstić information content (AvgIpc) is 2.96. The molecule has 1 aromatic carbocycles. The summed E-state index contributed by atoms with van der Waals surface area (Å²) in [5, 5.41) is 13.3. The monoisotopic (exact) mass is 431 g/mol. The summed E-state index contributed by atoms with van der Waals surface area (Å²) in [6, 6.07) is 3.44. The van der Waals surface area contributed by atoms with Crippen LogP contribution >= 0.6 is 0 Å². The first-order valence-electron chi connectivity index (χ1n) is 9.75. The van der Waals surface area contributed by atoms with Gasteiger partial charge >= 0.3 is 5.97 Å². The first-order valence-corrected chi connectivity index (χ1v) is 9.75. The van der Waals surface area contributed by atoms with Crippen LogP contribution in [-0.4, -0.2) is 64.7 Å². The zero-order valence-electron chi connectivity index (χ0n) is 16.5. The lowest BCUT2D eigenvalue weighted by Gasteiger charge is -2.27. The van der Waals surface area contributed by atoms with Crippen LogP contribution < -0.4 is 15.4 Å². The number of carboxylic acids is 1. The first-order chi connectivity index (χ1) is 14.8. The van der Waals surface area contributed by atoms with Gasteiger partial charge in [0.15, 0.2) is 0 Å². The van der Waals surface area contributed by atoms with Crippen LogP contribution in [-0.2, 0) is 19.2 Å². The summed E-state index contributed by atoms with van der Waals surface area (Å²) in [4.78, 5) is 72.1. The number of nitrogens with zero attached hydrogens (tertiary/aromatic N) is 1. The molecule has 164 valence electrons. The summed E-state index contributed by atoms with van der Waals surface area (Å²) < 4.78 is 5.58. The molecule has 2 aliphatic rings. The second kappa shape index (κ2) is 9.37. The number of ether oxygens (including phenoxy) is 1. The van der Waals surface area contributed by atoms with E-state index in [9.17, 15) is 28.8 Å². The predicted octanol–water partition coefficient (Wildman–Crippen LogP) is -0.162. The highest BCUT2D eigenvalue weighted by molar-refractivity contribution is 6.24. The smallest absolute Gasteiger partial charge is 0.303 e. The first kappa shape index (κ1) is 21.9. The predicted molar refractivity (Wildman–Crippen MR) is 103 cm³/mol. The Morgan fingerprint density at radius 2 is 1.94 bits per heavy atom. The third-order valence-corrected chi connectivity index (χ3v) is 4.91. The van der Waals surface area contributed by atoms with Gasteiger partial charge in [-0.2, -0.15) is 0 Å². The van der Waals surface area contributed by atoms with Gasteiger partial charge in [0.25, 0.3) is 11.8 Å². The van der Waals surface area contributed by atoms with Gasteiger partial charge in [-0.05, 0) is 25.0 Å². The number of hydrogen-bond acceptors (Lipinski definition) is 7. The van der Waals surface area contributed by atoms with Gasteiger partial charge in [-0.3, -0.25) is 39.0 Å². The number of hydrogen-bond donors (Lipinski definition) is 3. The molecular formula is C20H21N3O8. The minimum Gasteiger partial charge on any atom is -0.491 e. The Bertz CT molecular complexity index is 958. The number of rotatable bonds is 9. The molecule has 1 atom stereocenters. The van der Waals surface area contributed by atoms with Crippen molar-refractivity contribution in [1.82, 2.24) is 15.5 Å². The molecule has 2 heterocycles. The second-order valence-electron chi connectivity index (χ2n) is 7.07. The molecule has 0 aromatic heterocycles. The van der Waals surface area contributed by atoms with Crippen molar-refractivity contribution < 1.29 is 38.6 Å². The zero-order valence-corrected chi connectivity index (χ0v) is 16.5. The Morgan fingerprint density at radius 3 is 2.65 bits per heavy atom. The van der Waals surface area contributed by atoms with E-state index in [-0.39, 0.29) is 68.0 Å². The zero-order chi connectivity index (χ0) is 22.5. The van der Waals surface area contributed by atoms with Crippen LogP contribution in [0.15, 0.2) is 18.2 Å². The highest BCUT2D eigenvalue weighted by Crippen LogP contribution is 2.33. The fourth-order valence-electron chi connectivity index (χ4n) is 3.44. The van der Waals surface area contributed by atoms with Crippen molar-refractivity contribution in [1.29, 1.82) is 0 Å². The van der Waals surface area contributed by atoms with Crippen LogP contribution in [0.5, 0.6) is 5.75 Å². The van der Waals surface area contributed by atoms with Crippen molar-refractivity contribution in [3.8, 4) is 5.75 Å². The summed E-state index contributed by atoms with van der Waals surface area (Å²) in [7, 11) is 0. The molecule has 0 saturated carbocycles. The lowest BCUT2D eigenvalue weighted by Crippen LogP contribution is -2.54. The lowest BCUT2D eigenvalue weighted by atomic mass is 10.0. The van der Waals surface area contributed by atoms with Gasteiger partial charge in [-0.25, -0.2) is 0 Å². The molecule has 0 spiro atoms. The number of aliphatic carboxylic acids is 1. The molecule has 1 saturated heterocycles. The molecule has 3 rings (SSSR count). The average molecular weight is 431 g/mol. The molecule has 0 radical (unpaired) electrons. The highest BCUT2D eigenvalue weighted by Gasteiger charge is 2.45. The highest BCUT2D eigenvalue weighted by atomic mass is 16.5. The number of carbonyl (C=O) groups is 6. The van der Waals surface area contributed by atoms with E-state index >= 15 is 0 Å². The van der Waals surface area contributed by atoms with E-state index in [1.165, 1.54) is 18.2 Å². The van der Waals surface area contributed by atoms with Gasteiger partial charge in [-0.1, -0.05) is 6.07 Å². The molecule has 3 N–H and O–H groups in total. The molecule has 1 aromatic rings. The SMILES string of the molecule is O=C(O)CCCC(=O)NCCOc1cccc2c1C(=O)N(C1CCC(=O)NC1=O)C2=O. The number of amides is 5. The molecule has 0 aliphatic carbocycles. The minimum atomic E-state index is -1.07. The second-order valence-corrected chi connectivity index (χ2v) is 7.07. The fraction of sp³-hybridized carbons (Fsp3) is 0.400. The minimum absolute atomic E-state index is 0.0149. The van der Waals surface area contributed by atoms with E-state index in [0.29, 0.717) is 0 Å². The van der Waals surface area contributed by atoms with Crippen LogP contribution in [0.2, 0.25) is 0 Å². The maximum atomic E-state index is 12.9. The van der Waals surface area contributed by atoms with Gasteiger partial charge in [0.05, 0.1) is 17.7 Å². The standard InChI is InChI=1S/C20H21N3O8/c24-14(5-2-6-16(26)27)21-9-10-31-13-4-1-3-11-17(13)20(30)23(19(11)29)12-7-8-15(25)22-18(12)28/h1,3-4,12H,2,5-10H2,(H,21,24)(H,26,27)(H,22,25,28). The molecular weight excluding hydrogens is 410 g/mol. The number of imide groups is 2. The third-order valence-electron chi connectivity index (χ3n) is 4.91. The van der Waals surface area contributed by atoms with Crippen molar-refractivity contribution in [3.63, 3.8) is 0 Å². The van der Waals surface area contributed by atoms with Crippen molar-refractivity contribution in [2.24, 2.45) is 0 Å². The van der Waals surface area contributed by atoms with Crippen molar-refractivity contribution >= 4 is 35.5 Å². The molecule has 1 fully saturated rings. The van der Waals surface area contributed by atoms with Crippen LogP contribution in [0, 0.1) is 0 Å². The van der Waals surface area contributed by atoms with Crippen molar-refractivity contribution in [3.05, 3.63) is 29.3 Å². The van der Waals surface area contributed by atoms with E-state index in [0.717, 1.165) is 4.90 Å². The summed E-state index contributed by atoms with van der Waals surface area (Å²) in [5.74, 6) is -3.61. The molecule has 1 unspecified atom stereocenters. The largest absolute Gasteiger partial charge is 0.491 e. The lowest BCUT2D eigenvalue weighted by molar-refractivity contribution is -0.138. The van der Waals surface area contributed by atoms with Gasteiger partial charge in [0.1, 0.15) is 18.4 Å². The maximum absolute atomic E-state index is 12.9. The number of carboxylic acid groups (broad SMARTS) is 1. The van der Waals surface area contributed by atoms with E-state index in [1.54, 1.807) is 0 Å². The normalized spacial score (nSPS) is 17.9. The van der Waals surface area contributed by atoms with Gasteiger partial charge < -0.3 is 15.2 Å². The Hall–Kier alpha value is -3.76. The molecule has 11 nitrogen and oxygen atoms in total. The number of nitrogens with one attached hydrogen (secondary N) is 2. The molecule has 0 bridgehead atoms. The summed E-state index contributed by atoms with van der Waals surface area (Å²) in [5.41, 5.74) is 0.134. The van der Waals surface area contributed by atoms with Gasteiger partial charge in [0, 0.05) is 19.3 Å². The number of carbonyl (C=O) groups excluding carboxylic acids is 5. The summed E-state index contributed by atoms with van der Waals surface area (Å²) in [6.07, 6.45) is 0.279. The van der Waals surface area contributed by atoms with E-state index < -0.39 is 35.6 Å². The topological polar surface area (TPSA) is 159 Å². The molecule has 2 aliphatic heterocycles. The van der Waals surface area contributed by atoms with Gasteiger partial charge in [-0.15, -0.1) is 0 Å². The van der Waals surface area contributed by atoms with E-state index in [1.807, 2.05) is 0 Å². The van der Waals surface area contributed by atoms with Crippen LogP contribution in [0.3, 0.4) is 0 Å². The Labute approximate surface area is 176 Å². The van der Waals surface area contributed by atoms with Crippen LogP contribution in [0.25, 0.3) is 0 Å². The maximum Gasteiger partial charge on any atom is 0.303 e. The Balaban J connectivity index is 1.60. The summed E-state index contributed by atoms with van der Waals surface area (Å²) in [6.45, 7) is 0.135. The van der Waals surface area contributed by atoms with E-state index in [2.05, 4.69) is 10.6 Å².